The molecule has 4 aliphatic rings. The molecule has 2 heterocycles. The monoisotopic (exact) mass is 536 g/mol. The molecule has 0 spiro atoms. The topological polar surface area (TPSA) is 172 Å². The summed E-state index contributed by atoms with van der Waals surface area (Å²) in [6.07, 6.45) is 5.81. The number of hydrogen-bond donors (Lipinski definition) is 5. The van der Waals surface area contributed by atoms with Crippen LogP contribution in [0.15, 0.2) is 11.1 Å². The first-order chi connectivity index (χ1) is 18.2. The van der Waals surface area contributed by atoms with Gasteiger partial charge in [0.15, 0.2) is 17.2 Å². The number of carbonyl (C=O) groups excluding carboxylic acids is 3. The number of aliphatic hydroxyl groups is 3. The van der Waals surface area contributed by atoms with Crippen molar-refractivity contribution in [1.29, 1.82) is 0 Å². The smallest absolute Gasteiger partial charge is 0.350 e. The summed E-state index contributed by atoms with van der Waals surface area (Å²) in [4.78, 5) is 41.3. The molecule has 0 aromatic heterocycles. The Morgan fingerprint density at radius 2 is 1.87 bits per heavy atom. The van der Waals surface area contributed by atoms with Crippen molar-refractivity contribution in [2.45, 2.75) is 101 Å². The zero-order chi connectivity index (χ0) is 27.5. The van der Waals surface area contributed by atoms with Crippen molar-refractivity contribution in [2.24, 2.45) is 23.5 Å². The number of nitrogens with one attached hydrogen (secondary N) is 1. The lowest BCUT2D eigenvalue weighted by atomic mass is 9.60. The Labute approximate surface area is 224 Å². The van der Waals surface area contributed by atoms with Crippen LogP contribution >= 0.6 is 0 Å². The highest BCUT2D eigenvalue weighted by Crippen LogP contribution is 2.62. The molecular weight excluding hydrogens is 492 g/mol. The zero-order valence-electron chi connectivity index (χ0n) is 22.5. The number of ketones is 2. The van der Waals surface area contributed by atoms with Gasteiger partial charge in [0.1, 0.15) is 6.10 Å². The van der Waals surface area contributed by atoms with Gasteiger partial charge in [0.2, 0.25) is 0 Å². The van der Waals surface area contributed by atoms with Crippen molar-refractivity contribution < 1.29 is 39.2 Å². The van der Waals surface area contributed by atoms with E-state index in [-0.39, 0.29) is 38.0 Å². The summed E-state index contributed by atoms with van der Waals surface area (Å²) < 4.78 is 11.5. The minimum atomic E-state index is -2.04. The molecule has 0 aromatic carbocycles. The maximum Gasteiger partial charge on any atom is 0.350 e. The summed E-state index contributed by atoms with van der Waals surface area (Å²) in [6.45, 7) is 1.88. The Hall–Kier alpha value is -1.69. The van der Waals surface area contributed by atoms with Gasteiger partial charge in [0, 0.05) is 24.9 Å². The van der Waals surface area contributed by atoms with Gasteiger partial charge in [0.05, 0.1) is 19.4 Å². The van der Waals surface area contributed by atoms with E-state index in [0.29, 0.717) is 37.2 Å². The number of epoxide rings is 1. The second kappa shape index (κ2) is 12.2. The summed E-state index contributed by atoms with van der Waals surface area (Å²) in [7, 11) is 0. The summed E-state index contributed by atoms with van der Waals surface area (Å²) in [5, 5.41) is 32.4. The van der Waals surface area contributed by atoms with Crippen LogP contribution in [0.1, 0.15) is 77.6 Å². The minimum absolute atomic E-state index is 0.0184. The van der Waals surface area contributed by atoms with Crippen molar-refractivity contribution in [3.05, 3.63) is 11.1 Å². The molecule has 7 unspecified atom stereocenters. The summed E-state index contributed by atoms with van der Waals surface area (Å²) in [5.74, 6) is -2.24. The van der Waals surface area contributed by atoms with Crippen molar-refractivity contribution >= 4 is 17.5 Å². The van der Waals surface area contributed by atoms with Crippen LogP contribution in [0.2, 0.25) is 0 Å². The molecule has 2 aliphatic carbocycles. The van der Waals surface area contributed by atoms with E-state index >= 15 is 0 Å². The maximum atomic E-state index is 13.9. The van der Waals surface area contributed by atoms with Crippen LogP contribution in [-0.2, 0) is 23.9 Å². The molecule has 2 aliphatic heterocycles. The van der Waals surface area contributed by atoms with Crippen molar-refractivity contribution in [2.75, 3.05) is 26.4 Å². The zero-order valence-corrected chi connectivity index (χ0v) is 22.5. The van der Waals surface area contributed by atoms with Crippen molar-refractivity contribution in [1.82, 2.24) is 5.32 Å². The summed E-state index contributed by atoms with van der Waals surface area (Å²) >= 11 is 0. The quantitative estimate of drug-likeness (QED) is 0.104. The van der Waals surface area contributed by atoms with Crippen LogP contribution in [0.5, 0.6) is 0 Å². The van der Waals surface area contributed by atoms with Gasteiger partial charge in [-0.3, -0.25) is 9.59 Å². The van der Waals surface area contributed by atoms with Gasteiger partial charge in [-0.2, -0.15) is 0 Å². The number of carbonyl (C=O) groups is 3. The van der Waals surface area contributed by atoms with Crippen LogP contribution < -0.4 is 11.1 Å². The third-order valence-electron chi connectivity index (χ3n) is 9.22. The number of fused-ring (bicyclic) bond motifs is 2. The fraction of sp³-hybridized carbons (Fsp3) is 0.821. The molecule has 4 rings (SSSR count). The predicted octanol–water partition coefficient (Wildman–Crippen LogP) is 0.893. The molecule has 0 aromatic rings. The molecule has 0 bridgehead atoms. The summed E-state index contributed by atoms with van der Waals surface area (Å²) in [5.41, 5.74) is 3.84. The van der Waals surface area contributed by atoms with Crippen LogP contribution in [0.25, 0.3) is 0 Å². The number of rotatable bonds is 12. The Morgan fingerprint density at radius 1 is 1.16 bits per heavy atom. The molecule has 10 nitrogen and oxygen atoms in total. The molecule has 4 fully saturated rings. The first kappa shape index (κ1) is 29.3. The fourth-order valence-corrected chi connectivity index (χ4v) is 6.86. The Bertz CT molecular complexity index is 938. The summed E-state index contributed by atoms with van der Waals surface area (Å²) in [6, 6.07) is 0. The van der Waals surface area contributed by atoms with Crippen LogP contribution in [-0.4, -0.2) is 82.7 Å². The lowest BCUT2D eigenvalue weighted by molar-refractivity contribution is -0.164. The van der Waals surface area contributed by atoms with Crippen molar-refractivity contribution in [3.63, 3.8) is 0 Å². The van der Waals surface area contributed by atoms with E-state index in [9.17, 15) is 24.6 Å². The second-order valence-electron chi connectivity index (χ2n) is 11.6. The van der Waals surface area contributed by atoms with E-state index < -0.39 is 47.5 Å². The normalized spacial score (nSPS) is 36.1. The number of nitrogens with two attached hydrogens (primary N) is 1. The number of aliphatic hydroxyl groups excluding tert-OH is 3. The Balaban J connectivity index is 1.58. The Kier molecular flexibility index (Phi) is 9.43. The van der Waals surface area contributed by atoms with E-state index in [1.807, 2.05) is 6.92 Å². The van der Waals surface area contributed by atoms with E-state index in [1.54, 1.807) is 0 Å². The van der Waals surface area contributed by atoms with Crippen LogP contribution in [0.3, 0.4) is 0 Å². The van der Waals surface area contributed by atoms with E-state index in [0.717, 1.165) is 44.2 Å². The molecule has 6 N–H and O–H groups in total. The Morgan fingerprint density at radius 3 is 2.50 bits per heavy atom. The first-order valence-corrected chi connectivity index (χ1v) is 14.2. The molecule has 10 heteroatoms. The van der Waals surface area contributed by atoms with Gasteiger partial charge in [-0.05, 0) is 76.3 Å². The van der Waals surface area contributed by atoms with Gasteiger partial charge in [0.25, 0.3) is 5.60 Å². The SMILES string of the molecule is CC(CCC1CCNC(N)C1)=C(CO)CC12OC1(C(=O)OC(CO)CCCO)C(=O)C1CCCCC1C2=O. The minimum Gasteiger partial charge on any atom is -0.457 e. The number of ether oxygens (including phenoxy) is 2. The highest BCUT2D eigenvalue weighted by molar-refractivity contribution is 6.23. The molecular formula is C28H44N2O8. The third-order valence-corrected chi connectivity index (χ3v) is 9.22. The van der Waals surface area contributed by atoms with E-state index in [1.165, 1.54) is 0 Å². The highest BCUT2D eigenvalue weighted by Gasteiger charge is 2.87. The number of allylic oxidation sites excluding steroid dienone is 1. The first-order valence-electron chi connectivity index (χ1n) is 14.2. The van der Waals surface area contributed by atoms with Crippen LogP contribution in [0.4, 0.5) is 0 Å². The number of Topliss-reactive ketones (excluding diaryl/α,β-unsaturated/α-hetero) is 2. The largest absolute Gasteiger partial charge is 0.457 e. The van der Waals surface area contributed by atoms with E-state index in [4.69, 9.17) is 20.3 Å². The van der Waals surface area contributed by atoms with Gasteiger partial charge >= 0.3 is 5.97 Å². The number of esters is 1. The maximum absolute atomic E-state index is 13.9. The van der Waals surface area contributed by atoms with Gasteiger partial charge in [-0.15, -0.1) is 0 Å². The van der Waals surface area contributed by atoms with Gasteiger partial charge < -0.3 is 35.8 Å². The molecule has 2 saturated carbocycles. The molecule has 214 valence electrons. The highest BCUT2D eigenvalue weighted by atomic mass is 16.7. The second-order valence-corrected chi connectivity index (χ2v) is 11.6. The molecule has 0 radical (unpaired) electrons. The number of piperidine rings is 1. The molecule has 2 saturated heterocycles. The standard InChI is InChI=1S/C28H44N2O8/c1-17(8-9-18-10-11-30-23(29)13-18)19(15-32)14-27-24(34)21-6-2-3-7-22(21)25(35)28(27,38-27)26(36)37-20(16-33)5-4-12-31/h18,20-23,30-33H,2-16,29H2,1H3. The molecule has 7 atom stereocenters. The third kappa shape index (κ3) is 5.36. The lowest BCUT2D eigenvalue weighted by Crippen LogP contribution is -2.58. The van der Waals surface area contributed by atoms with Crippen LogP contribution in [0, 0.1) is 17.8 Å². The molecule has 38 heavy (non-hydrogen) atoms. The fourth-order valence-electron chi connectivity index (χ4n) is 6.86. The average Bonchev–Trinajstić information content (AvgIpc) is 3.63. The van der Waals surface area contributed by atoms with Gasteiger partial charge in [-0.25, -0.2) is 4.79 Å². The molecule has 0 amide bonds. The van der Waals surface area contributed by atoms with Crippen molar-refractivity contribution in [3.8, 4) is 0 Å². The van der Waals surface area contributed by atoms with E-state index in [2.05, 4.69) is 5.32 Å². The number of hydrogen-bond acceptors (Lipinski definition) is 10. The van der Waals surface area contributed by atoms with Gasteiger partial charge in [-0.1, -0.05) is 18.4 Å². The average molecular weight is 537 g/mol. The lowest BCUT2D eigenvalue weighted by Gasteiger charge is -2.37. The predicted molar refractivity (Wildman–Crippen MR) is 138 cm³/mol.